The highest BCUT2D eigenvalue weighted by Crippen LogP contribution is 2.28. The predicted octanol–water partition coefficient (Wildman–Crippen LogP) is 2.15. The molecule has 0 spiro atoms. The molecule has 0 bridgehead atoms. The van der Waals surface area contributed by atoms with Crippen LogP contribution in [0.15, 0.2) is 24.3 Å². The standard InChI is InChI=1S/C19H24N6O2/c1-12(13-4-6-14(7-5-13)24-8-2-3-9-24)18(26)21-17-15-10-25(19(20)27)11-16(15)22-23-17/h4-7,12H,2-3,8-11H2,1H3,(H2,20,27)(H2,21,22,23,26). The van der Waals surface area contributed by atoms with Crippen molar-refractivity contribution in [1.29, 1.82) is 0 Å². The van der Waals surface area contributed by atoms with Crippen molar-refractivity contribution in [3.63, 3.8) is 0 Å². The maximum Gasteiger partial charge on any atom is 0.315 e. The number of carbonyl (C=O) groups excluding carboxylic acids is 2. The number of anilines is 2. The number of aromatic nitrogens is 2. The average Bonchev–Trinajstić information content (AvgIpc) is 3.39. The monoisotopic (exact) mass is 368 g/mol. The van der Waals surface area contributed by atoms with E-state index in [1.807, 2.05) is 19.1 Å². The van der Waals surface area contributed by atoms with Crippen LogP contribution in [0.25, 0.3) is 0 Å². The quantitative estimate of drug-likeness (QED) is 0.768. The van der Waals surface area contributed by atoms with Crippen LogP contribution in [0.2, 0.25) is 0 Å². The lowest BCUT2D eigenvalue weighted by Gasteiger charge is -2.19. The van der Waals surface area contributed by atoms with Crippen molar-refractivity contribution in [2.75, 3.05) is 23.3 Å². The van der Waals surface area contributed by atoms with Gasteiger partial charge in [-0.1, -0.05) is 12.1 Å². The zero-order chi connectivity index (χ0) is 19.0. The minimum atomic E-state index is -0.483. The summed E-state index contributed by atoms with van der Waals surface area (Å²) < 4.78 is 0. The Morgan fingerprint density at radius 1 is 1.19 bits per heavy atom. The highest BCUT2D eigenvalue weighted by molar-refractivity contribution is 5.95. The summed E-state index contributed by atoms with van der Waals surface area (Å²) in [6, 6.07) is 7.72. The van der Waals surface area contributed by atoms with Crippen LogP contribution >= 0.6 is 0 Å². The Morgan fingerprint density at radius 2 is 1.89 bits per heavy atom. The van der Waals surface area contributed by atoms with Gasteiger partial charge in [0.05, 0.1) is 24.7 Å². The number of carbonyl (C=O) groups is 2. The normalized spacial score (nSPS) is 17.1. The molecule has 8 heteroatoms. The van der Waals surface area contributed by atoms with Crippen molar-refractivity contribution in [3.8, 4) is 0 Å². The average molecular weight is 368 g/mol. The number of nitrogens with zero attached hydrogens (tertiary/aromatic N) is 3. The summed E-state index contributed by atoms with van der Waals surface area (Å²) in [4.78, 5) is 27.9. The molecule has 2 aliphatic heterocycles. The number of primary amides is 1. The number of hydrogen-bond acceptors (Lipinski definition) is 4. The number of benzene rings is 1. The molecular weight excluding hydrogens is 344 g/mol. The molecule has 27 heavy (non-hydrogen) atoms. The van der Waals surface area contributed by atoms with Crippen LogP contribution in [0.1, 0.15) is 42.5 Å². The molecule has 3 heterocycles. The van der Waals surface area contributed by atoms with Gasteiger partial charge in [0.15, 0.2) is 5.82 Å². The molecule has 2 aliphatic rings. The number of amides is 3. The number of urea groups is 1. The summed E-state index contributed by atoms with van der Waals surface area (Å²) >= 11 is 0. The molecule has 1 unspecified atom stereocenters. The van der Waals surface area contributed by atoms with Gasteiger partial charge in [0.25, 0.3) is 0 Å². The third-order valence-electron chi connectivity index (χ3n) is 5.46. The maximum absolute atomic E-state index is 12.7. The Kier molecular flexibility index (Phi) is 4.47. The molecular formula is C19H24N6O2. The highest BCUT2D eigenvalue weighted by atomic mass is 16.2. The van der Waals surface area contributed by atoms with Gasteiger partial charge in [-0.3, -0.25) is 9.89 Å². The molecule has 4 rings (SSSR count). The fraction of sp³-hybridized carbons (Fsp3) is 0.421. The van der Waals surface area contributed by atoms with Crippen LogP contribution < -0.4 is 16.0 Å². The molecule has 1 aromatic heterocycles. The third kappa shape index (κ3) is 3.34. The number of aromatic amines is 1. The summed E-state index contributed by atoms with van der Waals surface area (Å²) in [6.07, 6.45) is 2.48. The number of rotatable bonds is 4. The Labute approximate surface area is 157 Å². The van der Waals surface area contributed by atoms with E-state index in [2.05, 4.69) is 32.5 Å². The second-order valence-corrected chi connectivity index (χ2v) is 7.22. The number of nitrogens with one attached hydrogen (secondary N) is 2. The molecule has 0 saturated carbocycles. The molecule has 1 fully saturated rings. The smallest absolute Gasteiger partial charge is 0.315 e. The third-order valence-corrected chi connectivity index (χ3v) is 5.46. The van der Waals surface area contributed by atoms with Gasteiger partial charge in [0.2, 0.25) is 5.91 Å². The van der Waals surface area contributed by atoms with Crippen molar-refractivity contribution < 1.29 is 9.59 Å². The van der Waals surface area contributed by atoms with E-state index in [4.69, 9.17) is 5.73 Å². The summed E-state index contributed by atoms with van der Waals surface area (Å²) in [7, 11) is 0. The van der Waals surface area contributed by atoms with Gasteiger partial charge in [-0.25, -0.2) is 4.79 Å². The predicted molar refractivity (Wildman–Crippen MR) is 102 cm³/mol. The minimum absolute atomic E-state index is 0.129. The Hall–Kier alpha value is -3.03. The van der Waals surface area contributed by atoms with Crippen molar-refractivity contribution >= 4 is 23.4 Å². The van der Waals surface area contributed by atoms with Crippen LogP contribution in [0, 0.1) is 0 Å². The van der Waals surface area contributed by atoms with E-state index in [-0.39, 0.29) is 11.8 Å². The first-order valence-corrected chi connectivity index (χ1v) is 9.29. The summed E-state index contributed by atoms with van der Waals surface area (Å²) in [5.41, 5.74) is 9.13. The first kappa shape index (κ1) is 17.4. The van der Waals surface area contributed by atoms with E-state index in [0.717, 1.165) is 29.9 Å². The van der Waals surface area contributed by atoms with Gasteiger partial charge >= 0.3 is 6.03 Å². The molecule has 8 nitrogen and oxygen atoms in total. The lowest BCUT2D eigenvalue weighted by atomic mass is 10.00. The number of H-pyrrole nitrogens is 1. The second-order valence-electron chi connectivity index (χ2n) is 7.22. The largest absolute Gasteiger partial charge is 0.372 e. The molecule has 1 atom stereocenters. The highest BCUT2D eigenvalue weighted by Gasteiger charge is 2.28. The Balaban J connectivity index is 1.42. The first-order valence-electron chi connectivity index (χ1n) is 9.29. The SMILES string of the molecule is CC(C(=O)Nc1n[nH]c2c1CN(C(N)=O)C2)c1ccc(N2CCCC2)cc1. The summed E-state index contributed by atoms with van der Waals surface area (Å²) in [5.74, 6) is 0.0358. The summed E-state index contributed by atoms with van der Waals surface area (Å²) in [5, 5.41) is 9.93. The van der Waals surface area contributed by atoms with E-state index in [9.17, 15) is 9.59 Å². The van der Waals surface area contributed by atoms with E-state index in [1.54, 1.807) is 0 Å². The van der Waals surface area contributed by atoms with E-state index in [0.29, 0.717) is 18.9 Å². The number of hydrogen-bond donors (Lipinski definition) is 3. The molecule has 0 aliphatic carbocycles. The summed E-state index contributed by atoms with van der Waals surface area (Å²) in [6.45, 7) is 4.82. The zero-order valence-corrected chi connectivity index (χ0v) is 15.4. The number of nitrogens with two attached hydrogens (primary N) is 1. The van der Waals surface area contributed by atoms with Crippen LogP contribution in [-0.4, -0.2) is 40.1 Å². The molecule has 0 radical (unpaired) electrons. The maximum atomic E-state index is 12.7. The van der Waals surface area contributed by atoms with E-state index in [1.165, 1.54) is 23.4 Å². The Bertz CT molecular complexity index is 854. The van der Waals surface area contributed by atoms with Crippen LogP contribution in [0.3, 0.4) is 0 Å². The van der Waals surface area contributed by atoms with Crippen molar-refractivity contribution in [1.82, 2.24) is 15.1 Å². The van der Waals surface area contributed by atoms with Crippen LogP contribution in [0.4, 0.5) is 16.3 Å². The van der Waals surface area contributed by atoms with E-state index < -0.39 is 6.03 Å². The lowest BCUT2D eigenvalue weighted by molar-refractivity contribution is -0.117. The molecule has 142 valence electrons. The van der Waals surface area contributed by atoms with Gasteiger partial charge < -0.3 is 20.9 Å². The van der Waals surface area contributed by atoms with Gasteiger partial charge in [-0.05, 0) is 37.5 Å². The van der Waals surface area contributed by atoms with Gasteiger partial charge in [-0.2, -0.15) is 5.10 Å². The zero-order valence-electron chi connectivity index (χ0n) is 15.4. The fourth-order valence-electron chi connectivity index (χ4n) is 3.72. The molecule has 2 aromatic rings. The van der Waals surface area contributed by atoms with E-state index >= 15 is 0 Å². The molecule has 4 N–H and O–H groups in total. The van der Waals surface area contributed by atoms with Gasteiger partial charge in [0.1, 0.15) is 0 Å². The van der Waals surface area contributed by atoms with Crippen molar-refractivity contribution in [3.05, 3.63) is 41.1 Å². The van der Waals surface area contributed by atoms with Gasteiger partial charge in [-0.15, -0.1) is 0 Å². The fourth-order valence-corrected chi connectivity index (χ4v) is 3.72. The minimum Gasteiger partial charge on any atom is -0.372 e. The van der Waals surface area contributed by atoms with Crippen molar-refractivity contribution in [2.24, 2.45) is 5.73 Å². The Morgan fingerprint density at radius 3 is 2.56 bits per heavy atom. The second kappa shape index (κ2) is 6.94. The first-order chi connectivity index (χ1) is 13.0. The molecule has 3 amide bonds. The van der Waals surface area contributed by atoms with Crippen LogP contribution in [-0.2, 0) is 17.9 Å². The lowest BCUT2D eigenvalue weighted by Crippen LogP contribution is -2.31. The topological polar surface area (TPSA) is 107 Å². The van der Waals surface area contributed by atoms with Crippen molar-refractivity contribution in [2.45, 2.75) is 38.8 Å². The molecule has 1 aromatic carbocycles. The van der Waals surface area contributed by atoms with Gasteiger partial charge in [0, 0.05) is 24.3 Å². The number of fused-ring (bicyclic) bond motifs is 1. The van der Waals surface area contributed by atoms with Crippen LogP contribution in [0.5, 0.6) is 0 Å². The molecule has 1 saturated heterocycles.